The van der Waals surface area contributed by atoms with E-state index in [1.807, 2.05) is 80.6 Å². The fourth-order valence-electron chi connectivity index (χ4n) is 4.84. The molecule has 6 bridgehead atoms. The molecule has 0 saturated heterocycles. The van der Waals surface area contributed by atoms with E-state index in [1.165, 1.54) is 0 Å². The second-order valence-electron chi connectivity index (χ2n) is 10.3. The highest BCUT2D eigenvalue weighted by atomic mass is 15.0. The molecule has 1 atom stereocenters. The summed E-state index contributed by atoms with van der Waals surface area (Å²) in [6.07, 6.45) is 15.0. The van der Waals surface area contributed by atoms with Crippen molar-refractivity contribution in [1.82, 2.24) is 39.9 Å². The minimum Gasteiger partial charge on any atom is -0.325 e. The van der Waals surface area contributed by atoms with Crippen LogP contribution in [0.1, 0.15) is 37.8 Å². The van der Waals surface area contributed by atoms with Gasteiger partial charge in [-0.3, -0.25) is 0 Å². The zero-order chi connectivity index (χ0) is 29.8. The fourth-order valence-corrected chi connectivity index (χ4v) is 4.84. The maximum absolute atomic E-state index is 5.05. The van der Waals surface area contributed by atoms with Gasteiger partial charge < -0.3 is 9.97 Å². The van der Waals surface area contributed by atoms with Crippen molar-refractivity contribution < 1.29 is 0 Å². The summed E-state index contributed by atoms with van der Waals surface area (Å²) in [7, 11) is 0. The van der Waals surface area contributed by atoms with E-state index in [4.69, 9.17) is 29.9 Å². The van der Waals surface area contributed by atoms with Gasteiger partial charge in [-0.05, 0) is 25.0 Å². The zero-order valence-corrected chi connectivity index (χ0v) is 24.2. The van der Waals surface area contributed by atoms with Crippen LogP contribution in [0.15, 0.2) is 98.1 Å². The summed E-state index contributed by atoms with van der Waals surface area (Å²) in [6, 6.07) is 16.0. The molecule has 1 unspecified atom stereocenters. The Morgan fingerprint density at radius 2 is 1.51 bits per heavy atom. The van der Waals surface area contributed by atoms with Crippen molar-refractivity contribution >= 4 is 33.7 Å². The van der Waals surface area contributed by atoms with Crippen LogP contribution in [0.4, 0.5) is 0 Å². The summed E-state index contributed by atoms with van der Waals surface area (Å²) in [5.74, 6) is 2.04. The Morgan fingerprint density at radius 1 is 0.814 bits per heavy atom. The molecule has 0 spiro atoms. The molecule has 0 amide bonds. The molecule has 2 aliphatic rings. The topological polar surface area (TPSA) is 109 Å². The summed E-state index contributed by atoms with van der Waals surface area (Å²) in [4.78, 5) is 36.8. The van der Waals surface area contributed by atoms with E-state index in [-0.39, 0.29) is 5.92 Å². The van der Waals surface area contributed by atoms with Gasteiger partial charge in [-0.1, -0.05) is 91.9 Å². The van der Waals surface area contributed by atoms with Crippen LogP contribution < -0.4 is 11.0 Å². The number of benzene rings is 2. The third-order valence-corrected chi connectivity index (χ3v) is 7.19. The van der Waals surface area contributed by atoms with Gasteiger partial charge in [0.1, 0.15) is 33.9 Å². The maximum atomic E-state index is 5.05. The third-order valence-electron chi connectivity index (χ3n) is 7.19. The molecule has 2 aromatic heterocycles. The Bertz CT molecular complexity index is 2110. The number of hydrogen-bond donors (Lipinski definition) is 2. The highest BCUT2D eigenvalue weighted by molar-refractivity contribution is 6.04. The van der Waals surface area contributed by atoms with E-state index >= 15 is 0 Å². The molecular formula is C35H32N8. The van der Waals surface area contributed by atoms with Gasteiger partial charge in [0.25, 0.3) is 0 Å². The van der Waals surface area contributed by atoms with Crippen LogP contribution in [-0.4, -0.2) is 39.9 Å². The number of aromatic nitrogens is 8. The number of hydrogen-bond acceptors (Lipinski definition) is 6. The summed E-state index contributed by atoms with van der Waals surface area (Å²) in [5.41, 5.74) is 5.30. The average molecular weight is 565 g/mol. The minimum absolute atomic E-state index is 0.161. The molecule has 0 aliphatic carbocycles. The van der Waals surface area contributed by atoms with Gasteiger partial charge in [-0.2, -0.15) is 0 Å². The van der Waals surface area contributed by atoms with Gasteiger partial charge >= 0.3 is 0 Å². The molecule has 6 rings (SSSR count). The van der Waals surface area contributed by atoms with Crippen molar-refractivity contribution in [3.05, 3.63) is 121 Å². The van der Waals surface area contributed by atoms with Crippen molar-refractivity contribution in [1.29, 1.82) is 0 Å². The van der Waals surface area contributed by atoms with Gasteiger partial charge in [0.15, 0.2) is 11.6 Å². The predicted molar refractivity (Wildman–Crippen MR) is 174 cm³/mol. The van der Waals surface area contributed by atoms with Crippen LogP contribution >= 0.6 is 0 Å². The number of aromatic amines is 2. The van der Waals surface area contributed by atoms with Gasteiger partial charge in [-0.15, -0.1) is 13.2 Å². The number of H-pyrrole nitrogens is 2. The molecule has 2 aliphatic heterocycles. The van der Waals surface area contributed by atoms with Crippen molar-refractivity contribution in [2.24, 2.45) is 0 Å². The number of rotatable bonds is 4. The molecule has 2 N–H and O–H groups in total. The van der Waals surface area contributed by atoms with Crippen molar-refractivity contribution in [2.75, 3.05) is 0 Å². The van der Waals surface area contributed by atoms with Gasteiger partial charge in [0, 0.05) is 34.2 Å². The molecule has 4 aromatic rings. The first-order valence-corrected chi connectivity index (χ1v) is 14.3. The molecular weight excluding hydrogens is 532 g/mol. The standard InChI is InChI=1S/C35H32N8/c1-5-15-28-36-30(22(3)6-2)40-34-26-19-13-14-20-27(26)35(43-34)41-31-23(4)16-9-7-8-10-21-29(37-31)39-33-25-18-12-11-17-24(25)32(38-28)42-33/h5-6,8-14,16-22,37H,1-2,7,15H2,3-4H3,(H,36,38,39,40,41,42,43)/b10-8-,16-9-,29-21-,31-23-. The first-order valence-electron chi connectivity index (χ1n) is 14.3. The van der Waals surface area contributed by atoms with E-state index in [1.54, 1.807) is 6.08 Å². The number of allylic oxidation sites excluding steroid dienone is 6. The van der Waals surface area contributed by atoms with Crippen LogP contribution in [0, 0.1) is 0 Å². The Morgan fingerprint density at radius 3 is 2.23 bits per heavy atom. The number of nitrogens with one attached hydrogen (secondary N) is 2. The summed E-state index contributed by atoms with van der Waals surface area (Å²) in [5, 5.41) is 1.87. The second kappa shape index (κ2) is 12.2. The highest BCUT2D eigenvalue weighted by Gasteiger charge is 2.19. The molecule has 0 radical (unpaired) electrons. The zero-order valence-electron chi connectivity index (χ0n) is 24.2. The van der Waals surface area contributed by atoms with Gasteiger partial charge in [0.2, 0.25) is 0 Å². The van der Waals surface area contributed by atoms with E-state index in [0.29, 0.717) is 52.0 Å². The molecule has 8 nitrogen and oxygen atoms in total. The lowest BCUT2D eigenvalue weighted by Crippen LogP contribution is -2.24. The SMILES string of the molecule is C=CCc1nc(C(C)C=C)nc2nc(n\c3[nH]/c(nc4[nH]c(n1)c1ccccc41)=C/C=C\C/C=C\C=3C)-c1ccccc1-2. The lowest BCUT2D eigenvalue weighted by atomic mass is 10.1. The minimum atomic E-state index is -0.161. The quantitative estimate of drug-likeness (QED) is 0.261. The third kappa shape index (κ3) is 5.81. The smallest absolute Gasteiger partial charge is 0.164 e. The molecule has 0 saturated carbocycles. The summed E-state index contributed by atoms with van der Waals surface area (Å²) >= 11 is 0. The van der Waals surface area contributed by atoms with Crippen molar-refractivity contribution in [3.8, 4) is 22.8 Å². The Labute approximate surface area is 249 Å². The van der Waals surface area contributed by atoms with E-state index in [9.17, 15) is 0 Å². The lowest BCUT2D eigenvalue weighted by Gasteiger charge is -2.04. The van der Waals surface area contributed by atoms with Crippen LogP contribution in [0.2, 0.25) is 0 Å². The molecule has 212 valence electrons. The number of nitrogens with zero attached hydrogens (tertiary/aromatic N) is 6. The second-order valence-corrected chi connectivity index (χ2v) is 10.3. The first kappa shape index (κ1) is 27.7. The Hall–Kier alpha value is -5.50. The lowest BCUT2D eigenvalue weighted by molar-refractivity contribution is 0.822. The molecule has 2 aromatic carbocycles. The number of fused-ring (bicyclic) bond motifs is 12. The molecule has 4 heterocycles. The predicted octanol–water partition coefficient (Wildman–Crippen LogP) is 5.96. The van der Waals surface area contributed by atoms with Gasteiger partial charge in [0.05, 0.1) is 0 Å². The van der Waals surface area contributed by atoms with Crippen LogP contribution in [-0.2, 0) is 6.42 Å². The summed E-state index contributed by atoms with van der Waals surface area (Å²) in [6.45, 7) is 12.0. The Balaban J connectivity index is 1.87. The molecule has 8 heteroatoms. The molecule has 0 fully saturated rings. The maximum Gasteiger partial charge on any atom is 0.164 e. The Kier molecular flexibility index (Phi) is 7.82. The molecule has 43 heavy (non-hydrogen) atoms. The fraction of sp³-hybridized carbons (Fsp3) is 0.143. The van der Waals surface area contributed by atoms with Crippen molar-refractivity contribution in [2.45, 2.75) is 32.6 Å². The largest absolute Gasteiger partial charge is 0.325 e. The first-order chi connectivity index (χ1) is 21.0. The van der Waals surface area contributed by atoms with Gasteiger partial charge in [-0.25, -0.2) is 29.9 Å². The van der Waals surface area contributed by atoms with E-state index < -0.39 is 0 Å². The monoisotopic (exact) mass is 564 g/mol. The van der Waals surface area contributed by atoms with E-state index in [2.05, 4.69) is 41.4 Å². The van der Waals surface area contributed by atoms with Crippen LogP contribution in [0.3, 0.4) is 0 Å². The normalized spacial score (nSPS) is 16.9. The van der Waals surface area contributed by atoms with Crippen molar-refractivity contribution in [3.63, 3.8) is 0 Å². The van der Waals surface area contributed by atoms with Crippen LogP contribution in [0.25, 0.3) is 56.5 Å². The average Bonchev–Trinajstić information content (AvgIpc) is 3.54. The highest BCUT2D eigenvalue weighted by Crippen LogP contribution is 2.32. The van der Waals surface area contributed by atoms with E-state index in [0.717, 1.165) is 33.9 Å². The summed E-state index contributed by atoms with van der Waals surface area (Å²) < 4.78 is 0. The van der Waals surface area contributed by atoms with Crippen LogP contribution in [0.5, 0.6) is 0 Å².